The van der Waals surface area contributed by atoms with Crippen molar-refractivity contribution < 1.29 is 21.1 Å². The summed E-state index contributed by atoms with van der Waals surface area (Å²) in [5.74, 6) is 0. The number of rotatable bonds is 0. The van der Waals surface area contributed by atoms with Crippen LogP contribution in [0.15, 0.2) is 0 Å². The van der Waals surface area contributed by atoms with Gasteiger partial charge in [-0.2, -0.15) is 0 Å². The van der Waals surface area contributed by atoms with Gasteiger partial charge in [0.25, 0.3) is 0 Å². The molecule has 0 atom stereocenters. The van der Waals surface area contributed by atoms with E-state index in [4.69, 9.17) is 0 Å². The molecule has 0 N–H and O–H groups in total. The number of hydrogen-bond donors (Lipinski definition) is 0. The van der Waals surface area contributed by atoms with E-state index in [1.54, 1.807) is 0 Å². The molecule has 0 bridgehead atoms. The van der Waals surface area contributed by atoms with Gasteiger partial charge in [-0.25, -0.2) is 0 Å². The van der Waals surface area contributed by atoms with Crippen LogP contribution < -0.4 is 0 Å². The van der Waals surface area contributed by atoms with Gasteiger partial charge in [0.2, 0.25) is 0 Å². The molecule has 0 spiro atoms. The Morgan fingerprint density at radius 1 is 0.875 bits per heavy atom. The minimum absolute atomic E-state index is 0. The molecule has 0 heterocycles. The molecule has 1 aliphatic rings. The van der Waals surface area contributed by atoms with Crippen LogP contribution in [0, 0.1) is 16.2 Å². The van der Waals surface area contributed by atoms with Gasteiger partial charge in [-0.05, 0) is 29.1 Å². The molecule has 1 heteroatoms. The zero-order chi connectivity index (χ0) is 12.3. The van der Waals surface area contributed by atoms with E-state index in [1.165, 1.54) is 25.7 Å². The smallest absolute Gasteiger partial charge is 0 e. The largest absolute Gasteiger partial charge is 0.0649 e. The molecule has 0 saturated heterocycles. The first-order valence-electron chi connectivity index (χ1n) is 6.52. The van der Waals surface area contributed by atoms with Gasteiger partial charge in [-0.15, -0.1) is 0 Å². The molecule has 1 rings (SSSR count). The Balaban J connectivity index is 0. The van der Waals surface area contributed by atoms with Crippen LogP contribution in [-0.4, -0.2) is 0 Å². The molecule has 0 aromatic carbocycles. The molecular weight excluding hydrogens is 364 g/mol. The Morgan fingerprint density at radius 2 is 1.12 bits per heavy atom. The normalized spacial score (nSPS) is 21.8. The molecule has 0 amide bonds. The number of hydrogen-bond acceptors (Lipinski definition) is 0. The van der Waals surface area contributed by atoms with Gasteiger partial charge in [-0.3, -0.25) is 0 Å². The van der Waals surface area contributed by atoms with E-state index in [0.717, 1.165) is 0 Å². The predicted molar refractivity (Wildman–Crippen MR) is 71.2 cm³/mol. The zero-order valence-electron chi connectivity index (χ0n) is 12.7. The molecule has 0 unspecified atom stereocenters. The fraction of sp³-hybridized carbons (Fsp3) is 1.00. The van der Waals surface area contributed by atoms with Gasteiger partial charge in [0.15, 0.2) is 0 Å². The SMILES string of the molecule is CC1(C)CCCC1(C)C.CCC(C)(C)C.[W]. The van der Waals surface area contributed by atoms with Crippen LogP contribution in [-0.2, 0) is 21.1 Å². The first-order chi connectivity index (χ1) is 6.52. The van der Waals surface area contributed by atoms with E-state index >= 15 is 0 Å². The third-order valence-corrected chi connectivity index (χ3v) is 4.50. The second kappa shape index (κ2) is 6.58. The average molecular weight is 396 g/mol. The molecule has 0 aliphatic heterocycles. The van der Waals surface area contributed by atoms with Crippen molar-refractivity contribution in [3.05, 3.63) is 0 Å². The predicted octanol–water partition coefficient (Wildman–Crippen LogP) is 5.66. The van der Waals surface area contributed by atoms with Gasteiger partial charge >= 0.3 is 0 Å². The third-order valence-electron chi connectivity index (χ3n) is 4.50. The van der Waals surface area contributed by atoms with Crippen LogP contribution in [0.4, 0.5) is 0 Å². The maximum absolute atomic E-state index is 2.39. The van der Waals surface area contributed by atoms with E-state index in [1.807, 2.05) is 0 Å². The first kappa shape index (κ1) is 19.0. The summed E-state index contributed by atoms with van der Waals surface area (Å²) in [4.78, 5) is 0. The molecule has 0 radical (unpaired) electrons. The van der Waals surface area contributed by atoms with Crippen molar-refractivity contribution in [2.45, 2.75) is 81.1 Å². The van der Waals surface area contributed by atoms with Crippen molar-refractivity contribution in [2.24, 2.45) is 16.2 Å². The third kappa shape index (κ3) is 6.43. The summed E-state index contributed by atoms with van der Waals surface area (Å²) in [6, 6.07) is 0. The summed E-state index contributed by atoms with van der Waals surface area (Å²) in [5.41, 5.74) is 1.72. The molecule has 0 aromatic heterocycles. The Hall–Kier alpha value is 0.688. The van der Waals surface area contributed by atoms with Crippen LogP contribution in [0.3, 0.4) is 0 Å². The van der Waals surface area contributed by atoms with Crippen LogP contribution in [0.25, 0.3) is 0 Å². The minimum Gasteiger partial charge on any atom is -0.0649 e. The Morgan fingerprint density at radius 3 is 1.19 bits per heavy atom. The van der Waals surface area contributed by atoms with E-state index in [2.05, 4.69) is 55.4 Å². The summed E-state index contributed by atoms with van der Waals surface area (Å²) in [7, 11) is 0. The van der Waals surface area contributed by atoms with Gasteiger partial charge in [0.05, 0.1) is 0 Å². The molecule has 0 nitrogen and oxygen atoms in total. The van der Waals surface area contributed by atoms with Crippen LogP contribution in [0.5, 0.6) is 0 Å². The molecule has 1 saturated carbocycles. The molecule has 1 aliphatic carbocycles. The average Bonchev–Trinajstić information content (AvgIpc) is 2.25. The van der Waals surface area contributed by atoms with Crippen molar-refractivity contribution >= 4 is 0 Å². The van der Waals surface area contributed by atoms with E-state index in [0.29, 0.717) is 16.2 Å². The molecule has 98 valence electrons. The summed E-state index contributed by atoms with van der Waals surface area (Å²) in [5, 5.41) is 0. The summed E-state index contributed by atoms with van der Waals surface area (Å²) < 4.78 is 0. The van der Waals surface area contributed by atoms with Crippen molar-refractivity contribution in [3.63, 3.8) is 0 Å². The quantitative estimate of drug-likeness (QED) is 0.496. The molecular formula is C15H32W. The second-order valence-corrected chi connectivity index (χ2v) is 7.54. The minimum atomic E-state index is 0. The molecule has 1 fully saturated rings. The fourth-order valence-corrected chi connectivity index (χ4v) is 1.65. The van der Waals surface area contributed by atoms with Crippen molar-refractivity contribution in [2.75, 3.05) is 0 Å². The fourth-order valence-electron chi connectivity index (χ4n) is 1.65. The maximum Gasteiger partial charge on any atom is 0 e. The van der Waals surface area contributed by atoms with Crippen LogP contribution in [0.1, 0.15) is 81.1 Å². The Kier molecular flexibility index (Phi) is 7.82. The van der Waals surface area contributed by atoms with Crippen molar-refractivity contribution in [1.29, 1.82) is 0 Å². The first-order valence-corrected chi connectivity index (χ1v) is 6.52. The second-order valence-electron chi connectivity index (χ2n) is 7.54. The van der Waals surface area contributed by atoms with Gasteiger partial charge in [0, 0.05) is 21.1 Å². The Bertz CT molecular complexity index is 170. The van der Waals surface area contributed by atoms with Crippen molar-refractivity contribution in [3.8, 4) is 0 Å². The van der Waals surface area contributed by atoms with Gasteiger partial charge in [-0.1, -0.05) is 68.2 Å². The van der Waals surface area contributed by atoms with Crippen molar-refractivity contribution in [1.82, 2.24) is 0 Å². The standard InChI is InChI=1S/C9H18.C6H14.W/c1-8(2)6-5-7-9(8,3)4;1-5-6(2,3)4;/h5-7H2,1-4H3;5H2,1-4H3;. The van der Waals surface area contributed by atoms with E-state index in [-0.39, 0.29) is 21.1 Å². The maximum atomic E-state index is 2.39. The summed E-state index contributed by atoms with van der Waals surface area (Å²) >= 11 is 0. The summed E-state index contributed by atoms with van der Waals surface area (Å²) in [6.45, 7) is 18.5. The Labute approximate surface area is 118 Å². The van der Waals surface area contributed by atoms with Gasteiger partial charge in [0.1, 0.15) is 0 Å². The monoisotopic (exact) mass is 396 g/mol. The zero-order valence-corrected chi connectivity index (χ0v) is 15.7. The molecule has 16 heavy (non-hydrogen) atoms. The molecule has 0 aromatic rings. The summed E-state index contributed by atoms with van der Waals surface area (Å²) in [6.07, 6.45) is 5.53. The van der Waals surface area contributed by atoms with E-state index in [9.17, 15) is 0 Å². The van der Waals surface area contributed by atoms with E-state index < -0.39 is 0 Å². The van der Waals surface area contributed by atoms with Gasteiger partial charge < -0.3 is 0 Å². The topological polar surface area (TPSA) is 0 Å². The van der Waals surface area contributed by atoms with Crippen LogP contribution >= 0.6 is 0 Å². The van der Waals surface area contributed by atoms with Crippen LogP contribution in [0.2, 0.25) is 0 Å².